The zero-order valence-electron chi connectivity index (χ0n) is 48.7. The quantitative estimate of drug-likeness (QED) is 0.0110. The Morgan fingerprint density at radius 2 is 0.642 bits per heavy atom. The molecule has 1 atom stereocenters. The summed E-state index contributed by atoms with van der Waals surface area (Å²) in [6, 6.07) is 5.25. The van der Waals surface area contributed by atoms with Gasteiger partial charge in [0.05, 0.1) is 31.0 Å². The van der Waals surface area contributed by atoms with Crippen molar-refractivity contribution in [3.8, 4) is 17.2 Å². The Hall–Kier alpha value is -4.54. The second-order valence-electron chi connectivity index (χ2n) is 21.6. The number of nitrogens with zero attached hydrogens (tertiary/aromatic N) is 1. The van der Waals surface area contributed by atoms with Crippen molar-refractivity contribution in [2.45, 2.75) is 239 Å². The highest BCUT2D eigenvalue weighted by Gasteiger charge is 2.43. The summed E-state index contributed by atoms with van der Waals surface area (Å²) in [5.74, 6) is -21.0. The van der Waals surface area contributed by atoms with Crippen LogP contribution in [0.2, 0.25) is 0 Å². The van der Waals surface area contributed by atoms with Gasteiger partial charge in [-0.1, -0.05) is 182 Å². The van der Waals surface area contributed by atoms with E-state index in [0.717, 1.165) is 160 Å². The Balaban J connectivity index is 0.00000173. The van der Waals surface area contributed by atoms with E-state index in [1.807, 2.05) is 0 Å². The van der Waals surface area contributed by atoms with E-state index < -0.39 is 100 Å². The molecule has 0 saturated heterocycles. The van der Waals surface area contributed by atoms with Gasteiger partial charge in [0.15, 0.2) is 52.4 Å². The molecule has 81 heavy (non-hydrogen) atoms. The van der Waals surface area contributed by atoms with Crippen LogP contribution in [0.3, 0.4) is 0 Å². The molecule has 0 amide bonds. The Kier molecular flexibility index (Phi) is 35.5. The number of halogens is 12. The first kappa shape index (κ1) is 70.7. The molecule has 4 aromatic rings. The molecule has 0 saturated carbocycles. The summed E-state index contributed by atoms with van der Waals surface area (Å²) in [5, 5.41) is 0. The zero-order chi connectivity index (χ0) is 59.4. The lowest BCUT2D eigenvalue weighted by Crippen LogP contribution is -2.53. The van der Waals surface area contributed by atoms with E-state index >= 15 is 13.2 Å². The molecule has 4 rings (SSSR count). The number of hydrogen-bond acceptors (Lipinski definition) is 3. The molecule has 0 radical (unpaired) electrons. The van der Waals surface area contributed by atoms with Gasteiger partial charge in [-0.3, -0.25) is 8.78 Å². The third kappa shape index (κ3) is 25.9. The molecule has 0 N–H and O–H groups in total. The molecule has 0 aliphatic carbocycles. The van der Waals surface area contributed by atoms with Gasteiger partial charge in [-0.2, -0.15) is 6.07 Å². The van der Waals surface area contributed by atoms with E-state index in [4.69, 9.17) is 14.0 Å². The maximum Gasteiger partial charge on any atom is 0.864 e. The highest BCUT2D eigenvalue weighted by atomic mass is 19.2. The largest absolute Gasteiger partial charge is 0.864 e. The van der Waals surface area contributed by atoms with Crippen LogP contribution in [0.5, 0.6) is 17.2 Å². The van der Waals surface area contributed by atoms with Gasteiger partial charge in [-0.25, -0.2) is 43.9 Å². The average molecular weight is 1160 g/mol. The van der Waals surface area contributed by atoms with E-state index in [9.17, 15) is 39.5 Å². The van der Waals surface area contributed by atoms with Crippen LogP contribution in [0.25, 0.3) is 0 Å². The van der Waals surface area contributed by atoms with Gasteiger partial charge in [0, 0.05) is 48.4 Å². The van der Waals surface area contributed by atoms with E-state index in [0.29, 0.717) is 67.3 Å². The Morgan fingerprint density at radius 3 is 0.975 bits per heavy atom. The smallest absolute Gasteiger partial charge is 0.489 e. The van der Waals surface area contributed by atoms with E-state index in [-0.39, 0.29) is 5.56 Å². The van der Waals surface area contributed by atoms with Gasteiger partial charge in [0.1, 0.15) is 23.3 Å². The van der Waals surface area contributed by atoms with Crippen LogP contribution in [0.15, 0.2) is 42.5 Å². The SMILES string of the molecule is CCCCCCCCCCCCCCCC(c1c(OB(Oc2cc(F)c(F)c(F)c2)Oc2cc(F)c(F)c(F)c2)cc(F)c(F)c1F)[N+](CCCCCCCC)(CCCCCCCC)CCCCCCCC.Fc1c[c-]cc(F)c1F. The van der Waals surface area contributed by atoms with Gasteiger partial charge < -0.3 is 18.4 Å². The lowest BCUT2D eigenvalue weighted by molar-refractivity contribution is -0.958. The standard InChI is InChI=1S/C58H88BF9NO3.C6H2F3/c1-5-9-13-17-21-22-23-24-25-26-27-28-32-36-52(69(37-33-29-18-14-10-6-2,38-34-30-19-15-11-7-3)39-35-31-20-16-12-8-4)54-53(44-51(64)57(67)58(54)68)72-59(70-45-40-47(60)55(65)48(61)41-45)71-46-42-49(62)56(66)50(63)43-46;7-4-2-1-3-5(8)6(4)9/h40-44,52H,5-39H2,1-4H3;2-3H/q+1;-1. The fraction of sp³-hybridized carbons (Fsp3) is 0.625. The van der Waals surface area contributed by atoms with Crippen LogP contribution in [-0.4, -0.2) is 31.4 Å². The van der Waals surface area contributed by atoms with Crippen LogP contribution in [0.1, 0.15) is 245 Å². The van der Waals surface area contributed by atoms with Crippen molar-refractivity contribution in [1.82, 2.24) is 0 Å². The molecular weight excluding hydrogens is 1070 g/mol. The molecule has 0 bridgehead atoms. The van der Waals surface area contributed by atoms with Gasteiger partial charge in [0.2, 0.25) is 0 Å². The molecule has 0 aliphatic heterocycles. The van der Waals surface area contributed by atoms with Crippen molar-refractivity contribution in [2.75, 3.05) is 19.6 Å². The summed E-state index contributed by atoms with van der Waals surface area (Å²) < 4.78 is 189. The monoisotopic (exact) mass is 1160 g/mol. The van der Waals surface area contributed by atoms with Gasteiger partial charge in [-0.05, 0) is 44.9 Å². The minimum atomic E-state index is -2.34. The molecule has 4 nitrogen and oxygen atoms in total. The molecule has 0 spiro atoms. The fourth-order valence-electron chi connectivity index (χ4n) is 10.5. The molecule has 4 aromatic carbocycles. The van der Waals surface area contributed by atoms with Crippen molar-refractivity contribution in [2.24, 2.45) is 0 Å². The van der Waals surface area contributed by atoms with Crippen LogP contribution < -0.4 is 14.0 Å². The summed E-state index contributed by atoms with van der Waals surface area (Å²) >= 11 is 0. The first-order valence-electron chi connectivity index (χ1n) is 30.4. The predicted octanol–water partition coefficient (Wildman–Crippen LogP) is 21.8. The number of hydrogen-bond donors (Lipinski definition) is 0. The van der Waals surface area contributed by atoms with Crippen LogP contribution in [0.4, 0.5) is 52.7 Å². The third-order valence-electron chi connectivity index (χ3n) is 15.1. The second kappa shape index (κ2) is 40.6. The molecule has 1 unspecified atom stereocenters. The number of quaternary nitrogens is 1. The normalized spacial score (nSPS) is 11.9. The third-order valence-corrected chi connectivity index (χ3v) is 15.1. The number of benzene rings is 4. The average Bonchev–Trinajstić information content (AvgIpc) is 3.49. The molecule has 17 heteroatoms. The minimum absolute atomic E-state index is 0.277. The summed E-state index contributed by atoms with van der Waals surface area (Å²) in [6.07, 6.45) is 32.9. The van der Waals surface area contributed by atoms with E-state index in [1.54, 1.807) is 0 Å². The van der Waals surface area contributed by atoms with Crippen LogP contribution >= 0.6 is 0 Å². The highest BCUT2D eigenvalue weighted by Crippen LogP contribution is 2.44. The summed E-state index contributed by atoms with van der Waals surface area (Å²) in [5.41, 5.74) is -0.277. The van der Waals surface area contributed by atoms with E-state index in [2.05, 4.69) is 33.8 Å². The zero-order valence-corrected chi connectivity index (χ0v) is 48.7. The molecule has 0 fully saturated rings. The van der Waals surface area contributed by atoms with E-state index in [1.165, 1.54) is 44.9 Å². The molecule has 456 valence electrons. The lowest BCUT2D eigenvalue weighted by atomic mass is 9.91. The van der Waals surface area contributed by atoms with Gasteiger partial charge >= 0.3 is 7.32 Å². The molecule has 0 aliphatic rings. The van der Waals surface area contributed by atoms with Gasteiger partial charge in [0.25, 0.3) is 0 Å². The van der Waals surface area contributed by atoms with Crippen LogP contribution in [0, 0.1) is 75.9 Å². The number of unbranched alkanes of at least 4 members (excludes halogenated alkanes) is 27. The maximum atomic E-state index is 17.3. The topological polar surface area (TPSA) is 27.7 Å². The maximum absolute atomic E-state index is 17.3. The van der Waals surface area contributed by atoms with Gasteiger partial charge in [-0.15, -0.1) is 12.1 Å². The molecular formula is C64H90BF12NO3. The summed E-state index contributed by atoms with van der Waals surface area (Å²) in [7, 11) is -2.34. The first-order chi connectivity index (χ1) is 39.0. The second-order valence-corrected chi connectivity index (χ2v) is 21.6. The van der Waals surface area contributed by atoms with Crippen molar-refractivity contribution >= 4 is 7.32 Å². The lowest BCUT2D eigenvalue weighted by Gasteiger charge is -2.46. The summed E-state index contributed by atoms with van der Waals surface area (Å²) in [4.78, 5) is 0. The minimum Gasteiger partial charge on any atom is -0.489 e. The van der Waals surface area contributed by atoms with Crippen LogP contribution in [-0.2, 0) is 0 Å². The number of rotatable bonds is 43. The van der Waals surface area contributed by atoms with Crippen molar-refractivity contribution in [3.63, 3.8) is 0 Å². The predicted molar refractivity (Wildman–Crippen MR) is 300 cm³/mol. The Labute approximate surface area is 476 Å². The summed E-state index contributed by atoms with van der Waals surface area (Å²) in [6.45, 7) is 10.6. The van der Waals surface area contributed by atoms with Crippen molar-refractivity contribution < 1.29 is 71.1 Å². The Bertz CT molecular complexity index is 2190. The van der Waals surface area contributed by atoms with Crippen molar-refractivity contribution in [3.05, 3.63) is 124 Å². The fourth-order valence-corrected chi connectivity index (χ4v) is 10.5. The first-order valence-corrected chi connectivity index (χ1v) is 30.4. The molecule has 0 heterocycles. The Morgan fingerprint density at radius 1 is 0.346 bits per heavy atom. The molecule has 0 aromatic heterocycles. The highest BCUT2D eigenvalue weighted by molar-refractivity contribution is 6.39. The van der Waals surface area contributed by atoms with Crippen molar-refractivity contribution in [1.29, 1.82) is 0 Å².